The number of carbonyl (C=O) groups excluding carboxylic acids is 2. The molecule has 0 saturated heterocycles. The molecule has 0 N–H and O–H groups in total. The van der Waals surface area contributed by atoms with Crippen molar-refractivity contribution >= 4 is 35.3 Å². The first-order chi connectivity index (χ1) is 52.5. The number of halogens is 8. The van der Waals surface area contributed by atoms with E-state index in [4.69, 9.17) is 11.0 Å². The first kappa shape index (κ1) is 51.3. The fourth-order valence-electron chi connectivity index (χ4n) is 10.4. The lowest BCUT2D eigenvalue weighted by molar-refractivity contribution is -0.138. The standard InChI is InChI=1S/2C37H40F4N4O2S/c2*1-4-43(5-2)21-22-44(25(3)27-11-13-28(14-12-27)29-15-17-30(18-16-29)37(39,40)41)34(46)23-45-33-8-6-7-32(33)35(47)42-36(45)48-24-26-9-19-31(38)20-10-26/h2*9-20,25H,4-8,21-24H2,1-3H3/i4D2,5D2,21D2,22D2,23D2,25D;21D2,22D2,23D2,25D. The minimum atomic E-state index is -4.60. The van der Waals surface area contributed by atoms with E-state index in [2.05, 4.69) is 9.97 Å². The molecule has 508 valence electrons. The monoisotopic (exact) mass is 1380 g/mol. The van der Waals surface area contributed by atoms with E-state index in [0.29, 0.717) is 46.2 Å². The van der Waals surface area contributed by atoms with Crippen LogP contribution < -0.4 is 11.1 Å². The van der Waals surface area contributed by atoms with Crippen molar-refractivity contribution in [2.24, 2.45) is 0 Å². The predicted molar refractivity (Wildman–Crippen MR) is 363 cm³/mol. The SMILES string of the molecule is [2H]C(C)(c1ccc(-c2ccc(C(F)(F)F)cc2)cc1)N(C(=O)C([2H])([2H])n1c(SCc2ccc(F)cc2)nc(=O)c2c1CCC2)C([2H])([2H])C([2H])([2H])N(CC)CC.[2H]C([2H])(C)N(C([2H])([2H])C)C([2H])([2H])C([2H])([2H])N(C(=O)C([2H])([2H])n1c(SCc2ccc(F)cc2)nc(=O)c2c1CCC2)C([2H])(C)c1ccc(-c2ccc(C(F)(F)F)cc2)cc1. The molecule has 12 nitrogen and oxygen atoms in total. The molecule has 0 fully saturated rings. The minimum absolute atomic E-state index is 0.00354. The zero-order valence-electron chi connectivity index (χ0n) is 71.0. The highest BCUT2D eigenvalue weighted by Crippen LogP contribution is 2.36. The van der Waals surface area contributed by atoms with Crippen molar-refractivity contribution in [1.29, 1.82) is 0 Å². The van der Waals surface area contributed by atoms with E-state index in [-0.39, 0.29) is 109 Å². The molecule has 0 saturated carbocycles. The Morgan fingerprint density at radius 3 is 1.16 bits per heavy atom. The summed E-state index contributed by atoms with van der Waals surface area (Å²) < 4.78 is 271. The Hall–Kier alpha value is -7.92. The Kier molecular flexibility index (Phi) is 17.6. The van der Waals surface area contributed by atoms with Gasteiger partial charge >= 0.3 is 12.4 Å². The van der Waals surface area contributed by atoms with Crippen molar-refractivity contribution in [3.8, 4) is 22.3 Å². The largest absolute Gasteiger partial charge is 0.416 e. The Balaban J connectivity index is 0.000000262. The van der Waals surface area contributed by atoms with Crippen LogP contribution in [0.5, 0.6) is 0 Å². The number of nitrogens with zero attached hydrogens (tertiary/aromatic N) is 8. The Morgan fingerprint density at radius 2 is 0.833 bits per heavy atom. The third kappa shape index (κ3) is 18.4. The number of hydrogen-bond donors (Lipinski definition) is 0. The lowest BCUT2D eigenvalue weighted by Gasteiger charge is -2.33. The fourth-order valence-corrected chi connectivity index (χ4v) is 12.2. The summed E-state index contributed by atoms with van der Waals surface area (Å²) in [5, 5.41) is -0.556. The number of rotatable bonds is 26. The van der Waals surface area contributed by atoms with Crippen LogP contribution in [-0.4, -0.2) is 103 Å². The molecule has 10 rings (SSSR count). The van der Waals surface area contributed by atoms with Crippen molar-refractivity contribution in [1.82, 2.24) is 38.7 Å². The average Bonchev–Trinajstić information content (AvgIpc) is 0.796. The third-order valence-electron chi connectivity index (χ3n) is 15.8. The summed E-state index contributed by atoms with van der Waals surface area (Å²) in [6, 6.07) is 24.6. The van der Waals surface area contributed by atoms with Crippen molar-refractivity contribution in [2.75, 3.05) is 52.1 Å². The first-order valence-corrected chi connectivity index (χ1v) is 32.4. The van der Waals surface area contributed by atoms with Crippen molar-refractivity contribution < 1.29 is 69.4 Å². The van der Waals surface area contributed by atoms with Gasteiger partial charge in [-0.05, 0) is 171 Å². The Bertz CT molecular complexity index is 4920. The topological polar surface area (TPSA) is 117 Å². The van der Waals surface area contributed by atoms with E-state index in [0.717, 1.165) is 89.5 Å². The van der Waals surface area contributed by atoms with E-state index >= 15 is 4.79 Å². The molecular weight excluding hydrogens is 1280 g/mol. The molecule has 2 aliphatic carbocycles. The van der Waals surface area contributed by atoms with Gasteiger partial charge in [0.05, 0.1) is 36.9 Å². The predicted octanol–water partition coefficient (Wildman–Crippen LogP) is 15.6. The number of alkyl halides is 6. The number of likely N-dealkylation sites (N-methyl/N-ethyl adjacent to an activating group) is 2. The fraction of sp³-hybridized carbons (Fsp3) is 0.378. The molecule has 8 aromatic rings. The van der Waals surface area contributed by atoms with E-state index in [1.807, 2.05) is 0 Å². The molecule has 96 heavy (non-hydrogen) atoms. The number of hydrogen-bond acceptors (Lipinski definition) is 10. The molecule has 2 amide bonds. The van der Waals surface area contributed by atoms with Crippen LogP contribution >= 0.6 is 23.5 Å². The molecule has 0 aliphatic heterocycles. The average molecular weight is 1380 g/mol. The van der Waals surface area contributed by atoms with Gasteiger partial charge in [-0.2, -0.15) is 36.3 Å². The second-order valence-electron chi connectivity index (χ2n) is 21.8. The summed E-state index contributed by atoms with van der Waals surface area (Å²) in [5.74, 6) is -4.42. The van der Waals surface area contributed by atoms with Gasteiger partial charge in [-0.1, -0.05) is 148 Å². The maximum Gasteiger partial charge on any atom is 0.416 e. The zero-order valence-corrected chi connectivity index (χ0v) is 54.6. The highest BCUT2D eigenvalue weighted by Gasteiger charge is 2.33. The van der Waals surface area contributed by atoms with Crippen LogP contribution in [0, 0.1) is 11.6 Å². The van der Waals surface area contributed by atoms with Crippen LogP contribution in [0.15, 0.2) is 165 Å². The Labute approximate surface area is 589 Å². The van der Waals surface area contributed by atoms with Gasteiger partial charge in [0, 0.05) is 71.0 Å². The van der Waals surface area contributed by atoms with Gasteiger partial charge in [-0.15, -0.1) is 0 Å². The van der Waals surface area contributed by atoms with Gasteiger partial charge < -0.3 is 28.7 Å². The Morgan fingerprint density at radius 1 is 0.500 bits per heavy atom. The highest BCUT2D eigenvalue weighted by atomic mass is 32.2. The lowest BCUT2D eigenvalue weighted by atomic mass is 9.99. The lowest BCUT2D eigenvalue weighted by Crippen LogP contribution is -2.42. The molecule has 0 radical (unpaired) electrons. The zero-order chi connectivity index (χ0) is 85.0. The number of benzene rings is 6. The second-order valence-corrected chi connectivity index (χ2v) is 23.7. The second kappa shape index (κ2) is 32.9. The summed E-state index contributed by atoms with van der Waals surface area (Å²) in [6.07, 6.45) is -7.68. The molecule has 0 spiro atoms. The van der Waals surface area contributed by atoms with E-state index < -0.39 is 122 Å². The van der Waals surface area contributed by atoms with Gasteiger partial charge in [-0.3, -0.25) is 19.2 Å². The van der Waals surface area contributed by atoms with Crippen LogP contribution in [0.4, 0.5) is 35.1 Å². The van der Waals surface area contributed by atoms with Crippen LogP contribution in [-0.2, 0) is 72.1 Å². The summed E-state index contributed by atoms with van der Waals surface area (Å²) in [6.45, 7) is -20.0. The highest BCUT2D eigenvalue weighted by molar-refractivity contribution is 7.98. The molecule has 2 aliphatic rings. The number of thioether (sulfide) groups is 2. The maximum absolute atomic E-state index is 15.1. The number of aromatic nitrogens is 4. The molecule has 2 heterocycles. The molecule has 2 atom stereocenters. The van der Waals surface area contributed by atoms with Gasteiger partial charge in [0.25, 0.3) is 11.1 Å². The molecule has 0 bridgehead atoms. The quantitative estimate of drug-likeness (QED) is 0.0295. The van der Waals surface area contributed by atoms with Gasteiger partial charge in [0.15, 0.2) is 10.3 Å². The van der Waals surface area contributed by atoms with E-state index in [1.165, 1.54) is 121 Å². The number of amides is 2. The third-order valence-corrected chi connectivity index (χ3v) is 17.8. The smallest absolute Gasteiger partial charge is 0.333 e. The van der Waals surface area contributed by atoms with Crippen molar-refractivity contribution in [2.45, 2.75) is 139 Å². The van der Waals surface area contributed by atoms with Crippen molar-refractivity contribution in [3.63, 3.8) is 0 Å². The molecule has 6 aromatic carbocycles. The maximum atomic E-state index is 15.1. The minimum Gasteiger partial charge on any atom is -0.333 e. The molecule has 2 unspecified atom stereocenters. The number of carbonyl (C=O) groups is 2. The van der Waals surface area contributed by atoms with Gasteiger partial charge in [0.1, 0.15) is 24.6 Å². The van der Waals surface area contributed by atoms with Gasteiger partial charge in [0.2, 0.25) is 11.8 Å². The molecular formula is C74H80F8N8O4S2. The van der Waals surface area contributed by atoms with Crippen LogP contribution in [0.2, 0.25) is 0 Å². The summed E-state index contributed by atoms with van der Waals surface area (Å²) >= 11 is 1.71. The first-order valence-electron chi connectivity index (χ1n) is 39.4. The normalized spacial score (nSPS) is 18.1. The summed E-state index contributed by atoms with van der Waals surface area (Å²) in [4.78, 5) is 65.8. The van der Waals surface area contributed by atoms with Crippen LogP contribution in [0.1, 0.15) is 147 Å². The number of fused-ring (bicyclic) bond motifs is 2. The van der Waals surface area contributed by atoms with Crippen molar-refractivity contribution in [3.05, 3.63) is 234 Å². The summed E-state index contributed by atoms with van der Waals surface area (Å²) in [5.41, 5.74) is -0.318. The van der Waals surface area contributed by atoms with Gasteiger partial charge in [-0.25, -0.2) is 8.78 Å². The van der Waals surface area contributed by atoms with E-state index in [9.17, 15) is 63.2 Å². The van der Waals surface area contributed by atoms with Crippen LogP contribution in [0.3, 0.4) is 0 Å². The molecule has 22 heteroatoms. The van der Waals surface area contributed by atoms with E-state index in [1.54, 1.807) is 13.8 Å². The van der Waals surface area contributed by atoms with Crippen LogP contribution in [0.25, 0.3) is 22.3 Å². The molecule has 2 aromatic heterocycles. The summed E-state index contributed by atoms with van der Waals surface area (Å²) in [7, 11) is 0.